The van der Waals surface area contributed by atoms with Gasteiger partial charge in [0, 0.05) is 6.42 Å². The Morgan fingerprint density at radius 3 is 1.82 bits per heavy atom. The Bertz CT molecular complexity index is 294. The quantitative estimate of drug-likeness (QED) is 0.377. The minimum Gasteiger partial charge on any atom is -0.481 e. The van der Waals surface area contributed by atoms with E-state index in [9.17, 15) is 9.59 Å². The SMILES string of the molecule is CCCCCCCCCCCCN[C@H](CCC(=O)O)C(=O)O. The predicted molar refractivity (Wildman–Crippen MR) is 88.1 cm³/mol. The van der Waals surface area contributed by atoms with Crippen LogP contribution in [-0.4, -0.2) is 34.7 Å². The van der Waals surface area contributed by atoms with E-state index in [1.165, 1.54) is 51.4 Å². The smallest absolute Gasteiger partial charge is 0.320 e. The van der Waals surface area contributed by atoms with Gasteiger partial charge in [-0.05, 0) is 19.4 Å². The van der Waals surface area contributed by atoms with Crippen LogP contribution in [0.25, 0.3) is 0 Å². The van der Waals surface area contributed by atoms with E-state index in [2.05, 4.69) is 12.2 Å². The minimum absolute atomic E-state index is 0.109. The maximum atomic E-state index is 11.0. The first-order chi connectivity index (χ1) is 10.6. The van der Waals surface area contributed by atoms with Crippen LogP contribution >= 0.6 is 0 Å². The van der Waals surface area contributed by atoms with Gasteiger partial charge in [0.15, 0.2) is 0 Å². The molecule has 0 aromatic heterocycles. The fraction of sp³-hybridized carbons (Fsp3) is 0.882. The number of carboxylic acids is 2. The van der Waals surface area contributed by atoms with Crippen molar-refractivity contribution >= 4 is 11.9 Å². The molecule has 0 radical (unpaired) electrons. The highest BCUT2D eigenvalue weighted by atomic mass is 16.4. The van der Waals surface area contributed by atoms with E-state index >= 15 is 0 Å². The van der Waals surface area contributed by atoms with Crippen molar-refractivity contribution in [2.24, 2.45) is 0 Å². The Balaban J connectivity index is 3.42. The number of carbonyl (C=O) groups is 2. The highest BCUT2D eigenvalue weighted by molar-refractivity contribution is 5.75. The van der Waals surface area contributed by atoms with Gasteiger partial charge in [0.05, 0.1) is 0 Å². The van der Waals surface area contributed by atoms with E-state index in [-0.39, 0.29) is 12.8 Å². The Labute approximate surface area is 134 Å². The van der Waals surface area contributed by atoms with Crippen molar-refractivity contribution < 1.29 is 19.8 Å². The number of rotatable bonds is 16. The second kappa shape index (κ2) is 14.8. The summed E-state index contributed by atoms with van der Waals surface area (Å²) in [5, 5.41) is 20.5. The lowest BCUT2D eigenvalue weighted by Gasteiger charge is -2.13. The second-order valence-corrected chi connectivity index (χ2v) is 5.96. The van der Waals surface area contributed by atoms with Crippen molar-refractivity contribution in [3.8, 4) is 0 Å². The Morgan fingerprint density at radius 2 is 1.36 bits per heavy atom. The average Bonchev–Trinajstić information content (AvgIpc) is 2.47. The molecule has 5 nitrogen and oxygen atoms in total. The molecule has 5 heteroatoms. The average molecular weight is 315 g/mol. The fourth-order valence-corrected chi connectivity index (χ4v) is 2.47. The number of hydrogen-bond donors (Lipinski definition) is 3. The molecule has 3 N–H and O–H groups in total. The molecule has 0 saturated carbocycles. The van der Waals surface area contributed by atoms with Crippen LogP contribution in [-0.2, 0) is 9.59 Å². The summed E-state index contributed by atoms with van der Waals surface area (Å²) in [7, 11) is 0. The molecule has 0 amide bonds. The van der Waals surface area contributed by atoms with Gasteiger partial charge in [-0.25, -0.2) is 0 Å². The Hall–Kier alpha value is -1.10. The van der Waals surface area contributed by atoms with E-state index in [1.807, 2.05) is 0 Å². The molecular weight excluding hydrogens is 282 g/mol. The van der Waals surface area contributed by atoms with Crippen LogP contribution < -0.4 is 5.32 Å². The van der Waals surface area contributed by atoms with Crippen molar-refractivity contribution in [1.82, 2.24) is 5.32 Å². The van der Waals surface area contributed by atoms with Gasteiger partial charge in [0.2, 0.25) is 0 Å². The van der Waals surface area contributed by atoms with Crippen LogP contribution in [0.15, 0.2) is 0 Å². The lowest BCUT2D eigenvalue weighted by Crippen LogP contribution is -2.37. The molecule has 130 valence electrons. The van der Waals surface area contributed by atoms with Crippen molar-refractivity contribution in [3.05, 3.63) is 0 Å². The number of aliphatic carboxylic acids is 2. The van der Waals surface area contributed by atoms with Crippen LogP contribution in [0.2, 0.25) is 0 Å². The van der Waals surface area contributed by atoms with Gasteiger partial charge in [0.25, 0.3) is 0 Å². The Morgan fingerprint density at radius 1 is 0.864 bits per heavy atom. The lowest BCUT2D eigenvalue weighted by molar-refractivity contribution is -0.140. The summed E-state index contributed by atoms with van der Waals surface area (Å²) in [5.41, 5.74) is 0. The molecule has 1 atom stereocenters. The molecule has 0 bridgehead atoms. The Kier molecular flexibility index (Phi) is 14.1. The predicted octanol–water partition coefficient (Wildman–Crippen LogP) is 3.81. The van der Waals surface area contributed by atoms with Crippen molar-refractivity contribution in [3.63, 3.8) is 0 Å². The van der Waals surface area contributed by atoms with Gasteiger partial charge >= 0.3 is 11.9 Å². The highest BCUT2D eigenvalue weighted by Gasteiger charge is 2.17. The van der Waals surface area contributed by atoms with E-state index in [0.717, 1.165) is 12.8 Å². The molecule has 0 saturated heterocycles. The molecule has 0 aliphatic rings. The van der Waals surface area contributed by atoms with Gasteiger partial charge < -0.3 is 15.5 Å². The summed E-state index contributed by atoms with van der Waals surface area (Å²) in [4.78, 5) is 21.4. The molecule has 0 heterocycles. The zero-order valence-corrected chi connectivity index (χ0v) is 14.0. The second-order valence-electron chi connectivity index (χ2n) is 5.96. The summed E-state index contributed by atoms with van der Waals surface area (Å²) in [6.07, 6.45) is 12.5. The standard InChI is InChI=1S/C17H33NO4/c1-2-3-4-5-6-7-8-9-10-11-14-18-15(17(21)22)12-13-16(19)20/h15,18H,2-14H2,1H3,(H,19,20)(H,21,22)/t15-/m1/s1. The maximum absolute atomic E-state index is 11.0. The largest absolute Gasteiger partial charge is 0.481 e. The van der Waals surface area contributed by atoms with Gasteiger partial charge in [0.1, 0.15) is 6.04 Å². The van der Waals surface area contributed by atoms with Crippen molar-refractivity contribution in [2.45, 2.75) is 90.0 Å². The van der Waals surface area contributed by atoms with Crippen LogP contribution in [0, 0.1) is 0 Å². The van der Waals surface area contributed by atoms with Gasteiger partial charge in [-0.15, -0.1) is 0 Å². The van der Waals surface area contributed by atoms with Crippen molar-refractivity contribution in [2.75, 3.05) is 6.54 Å². The number of unbranched alkanes of at least 4 members (excludes halogenated alkanes) is 9. The molecule has 0 rings (SSSR count). The number of hydrogen-bond acceptors (Lipinski definition) is 3. The molecule has 0 aromatic rings. The summed E-state index contributed by atoms with van der Waals surface area (Å²) < 4.78 is 0. The minimum atomic E-state index is -0.965. The van der Waals surface area contributed by atoms with Gasteiger partial charge in [-0.1, -0.05) is 64.7 Å². The molecule has 22 heavy (non-hydrogen) atoms. The molecule has 0 aliphatic heterocycles. The first-order valence-electron chi connectivity index (χ1n) is 8.76. The number of carboxylic acid groups (broad SMARTS) is 2. The van der Waals surface area contributed by atoms with E-state index in [4.69, 9.17) is 10.2 Å². The summed E-state index contributed by atoms with van der Waals surface area (Å²) >= 11 is 0. The zero-order valence-electron chi connectivity index (χ0n) is 14.0. The van der Waals surface area contributed by atoms with Crippen LogP contribution in [0.5, 0.6) is 0 Å². The van der Waals surface area contributed by atoms with Crippen LogP contribution in [0.1, 0.15) is 84.0 Å². The maximum Gasteiger partial charge on any atom is 0.320 e. The summed E-state index contributed by atoms with van der Waals surface area (Å²) in [6, 6.07) is -0.741. The topological polar surface area (TPSA) is 86.6 Å². The molecule has 0 unspecified atom stereocenters. The molecule has 0 fully saturated rings. The van der Waals surface area contributed by atoms with Gasteiger partial charge in [-0.3, -0.25) is 9.59 Å². The molecular formula is C17H33NO4. The zero-order chi connectivity index (χ0) is 16.6. The summed E-state index contributed by atoms with van der Waals surface area (Å²) in [5.74, 6) is -1.92. The van der Waals surface area contributed by atoms with E-state index in [1.54, 1.807) is 0 Å². The highest BCUT2D eigenvalue weighted by Crippen LogP contribution is 2.10. The molecule has 0 aliphatic carbocycles. The molecule has 0 spiro atoms. The van der Waals surface area contributed by atoms with Crippen LogP contribution in [0.3, 0.4) is 0 Å². The summed E-state index contributed by atoms with van der Waals surface area (Å²) in [6.45, 7) is 2.87. The fourth-order valence-electron chi connectivity index (χ4n) is 2.47. The van der Waals surface area contributed by atoms with Crippen molar-refractivity contribution in [1.29, 1.82) is 0 Å². The lowest BCUT2D eigenvalue weighted by atomic mass is 10.1. The third kappa shape index (κ3) is 13.9. The third-order valence-electron chi connectivity index (χ3n) is 3.87. The third-order valence-corrected chi connectivity index (χ3v) is 3.87. The first kappa shape index (κ1) is 20.9. The monoisotopic (exact) mass is 315 g/mol. The van der Waals surface area contributed by atoms with Gasteiger partial charge in [-0.2, -0.15) is 0 Å². The van der Waals surface area contributed by atoms with E-state index < -0.39 is 18.0 Å². The normalized spacial score (nSPS) is 12.2. The van der Waals surface area contributed by atoms with Crippen LogP contribution in [0.4, 0.5) is 0 Å². The first-order valence-corrected chi connectivity index (χ1v) is 8.76. The van der Waals surface area contributed by atoms with E-state index in [0.29, 0.717) is 6.54 Å². The molecule has 0 aromatic carbocycles. The number of nitrogens with one attached hydrogen (secondary N) is 1.